The maximum atomic E-state index is 4.58. The van der Waals surface area contributed by atoms with E-state index in [9.17, 15) is 0 Å². The fraction of sp³-hybridized carbons (Fsp3) is 0.357. The van der Waals surface area contributed by atoms with Crippen molar-refractivity contribution in [3.05, 3.63) is 41.6 Å². The van der Waals surface area contributed by atoms with Crippen molar-refractivity contribution in [2.75, 3.05) is 13.6 Å². The second kappa shape index (κ2) is 5.15. The summed E-state index contributed by atoms with van der Waals surface area (Å²) in [4.78, 5) is 0. The Labute approximate surface area is 102 Å². The fourth-order valence-corrected chi connectivity index (χ4v) is 2.05. The predicted molar refractivity (Wildman–Crippen MR) is 71.0 cm³/mol. The molecule has 0 saturated heterocycles. The van der Waals surface area contributed by atoms with E-state index >= 15 is 0 Å². The van der Waals surface area contributed by atoms with Crippen LogP contribution < -0.4 is 5.32 Å². The first-order chi connectivity index (χ1) is 8.22. The van der Waals surface area contributed by atoms with Gasteiger partial charge in [0, 0.05) is 18.8 Å². The molecule has 17 heavy (non-hydrogen) atoms. The number of aryl methyl sites for hydroxylation is 2. The maximum Gasteiger partial charge on any atom is 0.0958 e. The van der Waals surface area contributed by atoms with E-state index in [2.05, 4.69) is 47.8 Å². The minimum absolute atomic E-state index is 0.977. The molecule has 0 atom stereocenters. The van der Waals surface area contributed by atoms with Crippen LogP contribution in [0.2, 0.25) is 0 Å². The third kappa shape index (κ3) is 2.56. The number of aromatic nitrogens is 2. The highest BCUT2D eigenvalue weighted by molar-refractivity contribution is 5.66. The number of rotatable bonds is 4. The average Bonchev–Trinajstić information content (AvgIpc) is 2.68. The van der Waals surface area contributed by atoms with Gasteiger partial charge in [-0.15, -0.1) is 0 Å². The Kier molecular flexibility index (Phi) is 3.59. The van der Waals surface area contributed by atoms with Crippen LogP contribution in [-0.2, 0) is 13.5 Å². The molecule has 0 aliphatic rings. The van der Waals surface area contributed by atoms with E-state index in [-0.39, 0.29) is 0 Å². The van der Waals surface area contributed by atoms with Crippen molar-refractivity contribution >= 4 is 0 Å². The minimum Gasteiger partial charge on any atom is -0.319 e. The van der Waals surface area contributed by atoms with Crippen molar-refractivity contribution in [2.24, 2.45) is 7.05 Å². The largest absolute Gasteiger partial charge is 0.319 e. The predicted octanol–water partition coefficient (Wildman–Crippen LogP) is 2.16. The first-order valence-corrected chi connectivity index (χ1v) is 5.95. The lowest BCUT2D eigenvalue weighted by molar-refractivity contribution is 0.764. The SMILES string of the molecule is CNCCc1cn(C)nc1-c1ccccc1C. The van der Waals surface area contributed by atoms with Gasteiger partial charge < -0.3 is 5.32 Å². The summed E-state index contributed by atoms with van der Waals surface area (Å²) in [6.45, 7) is 3.11. The van der Waals surface area contributed by atoms with Crippen LogP contribution in [0.4, 0.5) is 0 Å². The number of likely N-dealkylation sites (N-methyl/N-ethyl adjacent to an activating group) is 1. The van der Waals surface area contributed by atoms with E-state index in [1.165, 1.54) is 16.7 Å². The zero-order valence-corrected chi connectivity index (χ0v) is 10.7. The summed E-state index contributed by atoms with van der Waals surface area (Å²) in [5.41, 5.74) is 4.92. The molecule has 0 fully saturated rings. The van der Waals surface area contributed by atoms with E-state index in [4.69, 9.17) is 0 Å². The first kappa shape index (κ1) is 11.9. The van der Waals surface area contributed by atoms with Crippen LogP contribution in [0.15, 0.2) is 30.5 Å². The van der Waals surface area contributed by atoms with E-state index in [1.54, 1.807) is 0 Å². The van der Waals surface area contributed by atoms with Gasteiger partial charge in [-0.25, -0.2) is 0 Å². The summed E-state index contributed by atoms with van der Waals surface area (Å²) in [5.74, 6) is 0. The third-order valence-corrected chi connectivity index (χ3v) is 2.95. The van der Waals surface area contributed by atoms with Crippen molar-refractivity contribution in [1.82, 2.24) is 15.1 Å². The summed E-state index contributed by atoms with van der Waals surface area (Å²) in [5, 5.41) is 7.77. The van der Waals surface area contributed by atoms with Crippen LogP contribution in [0.25, 0.3) is 11.3 Å². The summed E-state index contributed by atoms with van der Waals surface area (Å²) in [6, 6.07) is 8.40. The minimum atomic E-state index is 0.977. The van der Waals surface area contributed by atoms with Gasteiger partial charge in [0.05, 0.1) is 5.69 Å². The molecule has 1 aromatic carbocycles. The van der Waals surface area contributed by atoms with Gasteiger partial charge in [0.2, 0.25) is 0 Å². The van der Waals surface area contributed by atoms with Crippen molar-refractivity contribution in [3.8, 4) is 11.3 Å². The van der Waals surface area contributed by atoms with E-state index in [1.807, 2.05) is 18.8 Å². The molecule has 0 aliphatic heterocycles. The smallest absolute Gasteiger partial charge is 0.0958 e. The van der Waals surface area contributed by atoms with Crippen LogP contribution >= 0.6 is 0 Å². The fourth-order valence-electron chi connectivity index (χ4n) is 2.05. The van der Waals surface area contributed by atoms with Crippen molar-refractivity contribution in [2.45, 2.75) is 13.3 Å². The molecule has 1 heterocycles. The molecule has 2 aromatic rings. The van der Waals surface area contributed by atoms with Crippen molar-refractivity contribution in [3.63, 3.8) is 0 Å². The Morgan fingerprint density at radius 3 is 2.76 bits per heavy atom. The van der Waals surface area contributed by atoms with Crippen LogP contribution in [0.3, 0.4) is 0 Å². The van der Waals surface area contributed by atoms with Gasteiger partial charge >= 0.3 is 0 Å². The van der Waals surface area contributed by atoms with Gasteiger partial charge in [-0.1, -0.05) is 24.3 Å². The van der Waals surface area contributed by atoms with E-state index in [0.717, 1.165) is 18.7 Å². The number of nitrogens with one attached hydrogen (secondary N) is 1. The average molecular weight is 229 g/mol. The molecule has 1 aromatic heterocycles. The molecule has 3 heteroatoms. The van der Waals surface area contributed by atoms with Gasteiger partial charge in [0.1, 0.15) is 0 Å². The van der Waals surface area contributed by atoms with Gasteiger partial charge in [-0.05, 0) is 38.1 Å². The Morgan fingerprint density at radius 1 is 1.29 bits per heavy atom. The first-order valence-electron chi connectivity index (χ1n) is 5.95. The van der Waals surface area contributed by atoms with Crippen molar-refractivity contribution in [1.29, 1.82) is 0 Å². The lowest BCUT2D eigenvalue weighted by Gasteiger charge is -2.05. The van der Waals surface area contributed by atoms with E-state index in [0.29, 0.717) is 0 Å². The second-order valence-electron chi connectivity index (χ2n) is 4.35. The molecular weight excluding hydrogens is 210 g/mol. The number of hydrogen-bond donors (Lipinski definition) is 1. The monoisotopic (exact) mass is 229 g/mol. The highest BCUT2D eigenvalue weighted by Gasteiger charge is 2.11. The summed E-state index contributed by atoms with van der Waals surface area (Å²) in [6.07, 6.45) is 3.12. The molecule has 0 amide bonds. The van der Waals surface area contributed by atoms with Gasteiger partial charge in [0.15, 0.2) is 0 Å². The highest BCUT2D eigenvalue weighted by Crippen LogP contribution is 2.25. The standard InChI is InChI=1S/C14H19N3/c1-11-6-4-5-7-13(11)14-12(8-9-15-2)10-17(3)16-14/h4-7,10,15H,8-9H2,1-3H3. The van der Waals surface area contributed by atoms with Gasteiger partial charge in [0.25, 0.3) is 0 Å². The molecule has 2 rings (SSSR count). The molecule has 0 spiro atoms. The van der Waals surface area contributed by atoms with Gasteiger partial charge in [-0.2, -0.15) is 5.10 Å². The Hall–Kier alpha value is -1.61. The Morgan fingerprint density at radius 2 is 2.06 bits per heavy atom. The molecule has 0 aliphatic carbocycles. The second-order valence-corrected chi connectivity index (χ2v) is 4.35. The van der Waals surface area contributed by atoms with E-state index < -0.39 is 0 Å². The summed E-state index contributed by atoms with van der Waals surface area (Å²) >= 11 is 0. The zero-order chi connectivity index (χ0) is 12.3. The normalized spacial score (nSPS) is 10.8. The van der Waals surface area contributed by atoms with Crippen molar-refractivity contribution < 1.29 is 0 Å². The van der Waals surface area contributed by atoms with Crippen LogP contribution in [0, 0.1) is 6.92 Å². The maximum absolute atomic E-state index is 4.58. The molecule has 90 valence electrons. The lowest BCUT2D eigenvalue weighted by Crippen LogP contribution is -2.10. The highest BCUT2D eigenvalue weighted by atomic mass is 15.3. The Bertz CT molecular complexity index is 500. The molecule has 0 unspecified atom stereocenters. The molecule has 0 radical (unpaired) electrons. The number of nitrogens with zero attached hydrogens (tertiary/aromatic N) is 2. The Balaban J connectivity index is 2.41. The lowest BCUT2D eigenvalue weighted by atomic mass is 10.0. The van der Waals surface area contributed by atoms with Crippen LogP contribution in [-0.4, -0.2) is 23.4 Å². The molecule has 3 nitrogen and oxygen atoms in total. The molecular formula is C14H19N3. The number of hydrogen-bond acceptors (Lipinski definition) is 2. The summed E-state index contributed by atoms with van der Waals surface area (Å²) < 4.78 is 1.90. The third-order valence-electron chi connectivity index (χ3n) is 2.95. The quantitative estimate of drug-likeness (QED) is 0.870. The zero-order valence-electron chi connectivity index (χ0n) is 10.7. The molecule has 0 bridgehead atoms. The summed E-state index contributed by atoms with van der Waals surface area (Å²) in [7, 11) is 3.95. The molecule has 1 N–H and O–H groups in total. The van der Waals surface area contributed by atoms with Crippen LogP contribution in [0.5, 0.6) is 0 Å². The molecule has 0 saturated carbocycles. The van der Waals surface area contributed by atoms with Gasteiger partial charge in [-0.3, -0.25) is 4.68 Å². The number of benzene rings is 1. The topological polar surface area (TPSA) is 29.9 Å². The van der Waals surface area contributed by atoms with Crippen LogP contribution in [0.1, 0.15) is 11.1 Å².